The highest BCUT2D eigenvalue weighted by Crippen LogP contribution is 2.09. The lowest BCUT2D eigenvalue weighted by molar-refractivity contribution is -0.0306. The Morgan fingerprint density at radius 2 is 2.19 bits per heavy atom. The van der Waals surface area contributed by atoms with Crippen molar-refractivity contribution in [1.82, 2.24) is 9.80 Å². The van der Waals surface area contributed by atoms with Crippen molar-refractivity contribution in [3.05, 3.63) is 0 Å². The molecule has 16 heavy (non-hydrogen) atoms. The van der Waals surface area contributed by atoms with Gasteiger partial charge in [-0.05, 0) is 6.42 Å². The molecule has 1 atom stereocenters. The molecular weight excluding hydrogens is 208 g/mol. The summed E-state index contributed by atoms with van der Waals surface area (Å²) in [5.74, 6) is 0. The van der Waals surface area contributed by atoms with Crippen LogP contribution < -0.4 is 0 Å². The molecule has 5 heteroatoms. The summed E-state index contributed by atoms with van der Waals surface area (Å²) in [4.78, 5) is 15.4. The Morgan fingerprint density at radius 1 is 1.31 bits per heavy atom. The lowest BCUT2D eigenvalue weighted by Crippen LogP contribution is -2.45. The lowest BCUT2D eigenvalue weighted by Gasteiger charge is -2.33. The number of cyclic esters (lactones) is 1. The number of carbonyl (C=O) groups is 1. The summed E-state index contributed by atoms with van der Waals surface area (Å²) in [5.41, 5.74) is 0. The number of hydrogen-bond donors (Lipinski definition) is 0. The number of morpholine rings is 1. The molecule has 2 heterocycles. The summed E-state index contributed by atoms with van der Waals surface area (Å²) in [6.07, 6.45) is 1.25. The Hall–Kier alpha value is -0.810. The molecule has 2 saturated heterocycles. The van der Waals surface area contributed by atoms with Gasteiger partial charge in [0.15, 0.2) is 0 Å². The monoisotopic (exact) mass is 228 g/mol. The molecule has 1 unspecified atom stereocenters. The van der Waals surface area contributed by atoms with Gasteiger partial charge < -0.3 is 14.4 Å². The van der Waals surface area contributed by atoms with E-state index in [9.17, 15) is 4.79 Å². The van der Waals surface area contributed by atoms with Crippen LogP contribution in [0, 0.1) is 0 Å². The molecule has 0 aromatic carbocycles. The molecule has 1 amide bonds. The molecular formula is C11H20N2O3. The predicted molar refractivity (Wildman–Crippen MR) is 59.4 cm³/mol. The maximum atomic E-state index is 11.2. The van der Waals surface area contributed by atoms with Crippen LogP contribution in [0.4, 0.5) is 4.79 Å². The summed E-state index contributed by atoms with van der Waals surface area (Å²) in [6, 6.07) is 0. The van der Waals surface area contributed by atoms with E-state index < -0.39 is 0 Å². The van der Waals surface area contributed by atoms with Crippen molar-refractivity contribution in [2.75, 3.05) is 45.9 Å². The summed E-state index contributed by atoms with van der Waals surface area (Å²) in [7, 11) is 0. The Kier molecular flexibility index (Phi) is 4.01. The normalized spacial score (nSPS) is 27.2. The maximum Gasteiger partial charge on any atom is 0.409 e. The lowest BCUT2D eigenvalue weighted by atomic mass is 10.2. The van der Waals surface area contributed by atoms with Crippen LogP contribution in [0.3, 0.4) is 0 Å². The zero-order chi connectivity index (χ0) is 11.4. The Morgan fingerprint density at radius 3 is 2.88 bits per heavy atom. The first-order valence-electron chi connectivity index (χ1n) is 6.05. The number of carbonyl (C=O) groups excluding carboxylic acids is 1. The van der Waals surface area contributed by atoms with Gasteiger partial charge in [-0.2, -0.15) is 0 Å². The molecule has 0 bridgehead atoms. The third kappa shape index (κ3) is 2.86. The molecule has 0 radical (unpaired) electrons. The minimum Gasteiger partial charge on any atom is -0.448 e. The number of amides is 1. The minimum atomic E-state index is -0.166. The van der Waals surface area contributed by atoms with E-state index in [4.69, 9.17) is 9.47 Å². The van der Waals surface area contributed by atoms with Gasteiger partial charge in [0.05, 0.1) is 19.3 Å². The fourth-order valence-corrected chi connectivity index (χ4v) is 2.12. The van der Waals surface area contributed by atoms with Gasteiger partial charge in [0.1, 0.15) is 6.61 Å². The van der Waals surface area contributed by atoms with E-state index in [1.54, 1.807) is 4.90 Å². The van der Waals surface area contributed by atoms with Gasteiger partial charge in [-0.1, -0.05) is 6.92 Å². The third-order valence-corrected chi connectivity index (χ3v) is 3.21. The van der Waals surface area contributed by atoms with E-state index in [1.807, 2.05) is 0 Å². The van der Waals surface area contributed by atoms with Crippen LogP contribution in [0.2, 0.25) is 0 Å². The molecule has 2 rings (SSSR count). The molecule has 0 saturated carbocycles. The molecule has 5 nitrogen and oxygen atoms in total. The largest absolute Gasteiger partial charge is 0.448 e. The van der Waals surface area contributed by atoms with Gasteiger partial charge >= 0.3 is 6.09 Å². The standard InChI is InChI=1S/C11H20N2O3/c1-2-10-9-12(5-7-15-10)3-4-13-6-8-16-11(13)14/h10H,2-9H2,1H3. The van der Waals surface area contributed by atoms with Crippen molar-refractivity contribution in [3.63, 3.8) is 0 Å². The van der Waals surface area contributed by atoms with Crippen LogP contribution >= 0.6 is 0 Å². The second-order valence-electron chi connectivity index (χ2n) is 4.30. The molecule has 0 spiro atoms. The van der Waals surface area contributed by atoms with Crippen molar-refractivity contribution in [3.8, 4) is 0 Å². The van der Waals surface area contributed by atoms with Gasteiger partial charge in [0.2, 0.25) is 0 Å². The molecule has 2 fully saturated rings. The van der Waals surface area contributed by atoms with Crippen molar-refractivity contribution in [2.45, 2.75) is 19.4 Å². The van der Waals surface area contributed by atoms with Gasteiger partial charge in [-0.3, -0.25) is 4.90 Å². The first kappa shape index (κ1) is 11.7. The number of ether oxygens (including phenoxy) is 2. The van der Waals surface area contributed by atoms with Gasteiger partial charge in [-0.25, -0.2) is 4.79 Å². The van der Waals surface area contributed by atoms with Crippen molar-refractivity contribution in [2.24, 2.45) is 0 Å². The molecule has 0 aromatic rings. The number of rotatable bonds is 4. The maximum absolute atomic E-state index is 11.2. The van der Waals surface area contributed by atoms with E-state index in [-0.39, 0.29) is 6.09 Å². The topological polar surface area (TPSA) is 42.0 Å². The van der Waals surface area contributed by atoms with Crippen LogP contribution in [-0.4, -0.2) is 67.9 Å². The first-order chi connectivity index (χ1) is 7.79. The van der Waals surface area contributed by atoms with E-state index in [1.165, 1.54) is 0 Å². The average Bonchev–Trinajstić information content (AvgIpc) is 2.72. The highest BCUT2D eigenvalue weighted by atomic mass is 16.6. The Bertz CT molecular complexity index is 247. The van der Waals surface area contributed by atoms with Gasteiger partial charge in [0.25, 0.3) is 0 Å². The SMILES string of the molecule is CCC1CN(CCN2CCOC2=O)CCO1. The number of hydrogen-bond acceptors (Lipinski definition) is 4. The van der Waals surface area contributed by atoms with Crippen molar-refractivity contribution >= 4 is 6.09 Å². The third-order valence-electron chi connectivity index (χ3n) is 3.21. The summed E-state index contributed by atoms with van der Waals surface area (Å²) >= 11 is 0. The summed E-state index contributed by atoms with van der Waals surface area (Å²) in [6.45, 7) is 7.89. The smallest absolute Gasteiger partial charge is 0.409 e. The highest BCUT2D eigenvalue weighted by molar-refractivity contribution is 5.69. The average molecular weight is 228 g/mol. The Labute approximate surface area is 96.3 Å². The van der Waals surface area contributed by atoms with Crippen LogP contribution in [0.15, 0.2) is 0 Å². The molecule has 92 valence electrons. The van der Waals surface area contributed by atoms with E-state index in [2.05, 4.69) is 11.8 Å². The fraction of sp³-hybridized carbons (Fsp3) is 0.909. The second-order valence-corrected chi connectivity index (χ2v) is 4.30. The second kappa shape index (κ2) is 5.50. The van der Waals surface area contributed by atoms with Crippen molar-refractivity contribution < 1.29 is 14.3 Å². The van der Waals surface area contributed by atoms with Crippen LogP contribution in [-0.2, 0) is 9.47 Å². The summed E-state index contributed by atoms with van der Waals surface area (Å²) in [5, 5.41) is 0. The molecule has 0 aliphatic carbocycles. The molecule has 2 aliphatic rings. The van der Waals surface area contributed by atoms with Crippen LogP contribution in [0.1, 0.15) is 13.3 Å². The fourth-order valence-electron chi connectivity index (χ4n) is 2.12. The Balaban J connectivity index is 1.70. The zero-order valence-corrected chi connectivity index (χ0v) is 9.85. The summed E-state index contributed by atoms with van der Waals surface area (Å²) < 4.78 is 10.5. The molecule has 2 aliphatic heterocycles. The molecule has 0 N–H and O–H groups in total. The quantitative estimate of drug-likeness (QED) is 0.704. The predicted octanol–water partition coefficient (Wildman–Crippen LogP) is 0.549. The van der Waals surface area contributed by atoms with E-state index in [0.717, 1.165) is 45.8 Å². The zero-order valence-electron chi connectivity index (χ0n) is 9.85. The van der Waals surface area contributed by atoms with Gasteiger partial charge in [0, 0.05) is 26.2 Å². The van der Waals surface area contributed by atoms with Crippen LogP contribution in [0.25, 0.3) is 0 Å². The van der Waals surface area contributed by atoms with E-state index in [0.29, 0.717) is 12.7 Å². The van der Waals surface area contributed by atoms with Crippen molar-refractivity contribution in [1.29, 1.82) is 0 Å². The first-order valence-corrected chi connectivity index (χ1v) is 6.05. The van der Waals surface area contributed by atoms with Crippen LogP contribution in [0.5, 0.6) is 0 Å². The minimum absolute atomic E-state index is 0.166. The highest BCUT2D eigenvalue weighted by Gasteiger charge is 2.24. The van der Waals surface area contributed by atoms with E-state index >= 15 is 0 Å². The molecule has 0 aromatic heterocycles. The van der Waals surface area contributed by atoms with Gasteiger partial charge in [-0.15, -0.1) is 0 Å². The number of nitrogens with zero attached hydrogens (tertiary/aromatic N) is 2.